The summed E-state index contributed by atoms with van der Waals surface area (Å²) in [5, 5.41) is 0. The first-order valence-electron chi connectivity index (χ1n) is 4.76. The smallest absolute Gasteiger partial charge is 0.128 e. The van der Waals surface area contributed by atoms with Gasteiger partial charge in [0.2, 0.25) is 0 Å². The molecule has 0 N–H and O–H groups in total. The first kappa shape index (κ1) is 9.58. The Morgan fingerprint density at radius 3 is 2.64 bits per heavy atom. The van der Waals surface area contributed by atoms with Crippen molar-refractivity contribution in [1.29, 1.82) is 0 Å². The van der Waals surface area contributed by atoms with Crippen LogP contribution < -0.4 is 0 Å². The summed E-state index contributed by atoms with van der Waals surface area (Å²) < 4.78 is 16.3. The second-order valence-electron chi connectivity index (χ2n) is 3.24. The largest absolute Gasteiger partial charge is 0.245 e. The highest BCUT2D eigenvalue weighted by atomic mass is 32.2. The quantitative estimate of drug-likeness (QED) is 0.740. The fourth-order valence-corrected chi connectivity index (χ4v) is 3.31. The maximum Gasteiger partial charge on any atom is 0.128 e. The van der Waals surface area contributed by atoms with Crippen molar-refractivity contribution in [3.05, 3.63) is 18.2 Å². The first-order valence-corrected chi connectivity index (χ1v) is 6.44. The molecule has 1 aromatic rings. The number of aromatic nitrogens is 2. The first-order chi connectivity index (χ1) is 6.74. The molecule has 2 heterocycles. The minimum Gasteiger partial charge on any atom is -0.245 e. The maximum absolute atomic E-state index is 12.1. The molecule has 0 saturated carbocycles. The Labute approximate surface area is 84.0 Å². The van der Waals surface area contributed by atoms with Crippen LogP contribution in [0.25, 0.3) is 0 Å². The molecular weight excluding hydrogens is 198 g/mol. The molecule has 0 bridgehead atoms. The Kier molecular flexibility index (Phi) is 2.50. The Hall–Kier alpha value is -0.970. The Morgan fingerprint density at radius 2 is 2.14 bits per heavy atom. The summed E-state index contributed by atoms with van der Waals surface area (Å²) in [5.74, 6) is 1.44. The zero-order valence-electron chi connectivity index (χ0n) is 8.14. The van der Waals surface area contributed by atoms with Gasteiger partial charge in [-0.3, -0.25) is 0 Å². The van der Waals surface area contributed by atoms with E-state index in [0.29, 0.717) is 17.2 Å². The average Bonchev–Trinajstić information content (AvgIpc) is 2.67. The summed E-state index contributed by atoms with van der Waals surface area (Å²) in [7, 11) is -2.16. The molecule has 0 aromatic carbocycles. The minimum absolute atomic E-state index is 0.655. The highest BCUT2D eigenvalue weighted by molar-refractivity contribution is 7.93. The number of rotatable bonds is 2. The lowest BCUT2D eigenvalue weighted by atomic mass is 10.4. The van der Waals surface area contributed by atoms with Crippen molar-refractivity contribution in [3.63, 3.8) is 0 Å². The topological polar surface area (TPSA) is 55.2 Å². The molecule has 1 aliphatic heterocycles. The fourth-order valence-electron chi connectivity index (χ4n) is 1.42. The van der Waals surface area contributed by atoms with E-state index < -0.39 is 9.73 Å². The van der Waals surface area contributed by atoms with E-state index in [2.05, 4.69) is 14.3 Å². The van der Waals surface area contributed by atoms with Gasteiger partial charge in [-0.15, -0.1) is 0 Å². The van der Waals surface area contributed by atoms with E-state index in [9.17, 15) is 4.21 Å². The van der Waals surface area contributed by atoms with E-state index >= 15 is 0 Å². The average molecular weight is 211 g/mol. The molecule has 14 heavy (non-hydrogen) atoms. The Balaban J connectivity index is 2.38. The van der Waals surface area contributed by atoms with E-state index in [0.717, 1.165) is 18.7 Å². The molecule has 1 atom stereocenters. The van der Waals surface area contributed by atoms with Gasteiger partial charge in [-0.2, -0.15) is 0 Å². The second kappa shape index (κ2) is 3.65. The zero-order valence-corrected chi connectivity index (χ0v) is 8.96. The third kappa shape index (κ3) is 1.64. The molecule has 0 amide bonds. The van der Waals surface area contributed by atoms with Crippen molar-refractivity contribution in [2.45, 2.75) is 24.7 Å². The van der Waals surface area contributed by atoms with Crippen molar-refractivity contribution in [2.75, 3.05) is 12.3 Å². The van der Waals surface area contributed by atoms with Crippen LogP contribution in [0.15, 0.2) is 21.7 Å². The SMILES string of the molecule is CCc1ncc(S2(=O)=NCCC2)cn1. The third-order valence-electron chi connectivity index (χ3n) is 2.25. The van der Waals surface area contributed by atoms with Crippen LogP contribution in [-0.2, 0) is 16.1 Å². The predicted molar refractivity (Wildman–Crippen MR) is 54.6 cm³/mol. The summed E-state index contributed by atoms with van der Waals surface area (Å²) in [6.07, 6.45) is 5.03. The van der Waals surface area contributed by atoms with Crippen LogP contribution in [0.1, 0.15) is 19.2 Å². The van der Waals surface area contributed by atoms with Crippen LogP contribution >= 0.6 is 0 Å². The maximum atomic E-state index is 12.1. The molecule has 0 saturated heterocycles. The summed E-state index contributed by atoms with van der Waals surface area (Å²) >= 11 is 0. The standard InChI is InChI=1S/C9H13N3OS/c1-2-9-10-6-8(7-11-9)14(13)5-3-4-12-14/h6-7H,2-5H2,1H3. The molecule has 4 nitrogen and oxygen atoms in total. The van der Waals surface area contributed by atoms with Crippen molar-refractivity contribution < 1.29 is 4.21 Å². The van der Waals surface area contributed by atoms with Gasteiger partial charge < -0.3 is 0 Å². The molecule has 2 rings (SSSR count). The molecule has 0 radical (unpaired) electrons. The number of hydrogen-bond acceptors (Lipinski definition) is 4. The lowest BCUT2D eigenvalue weighted by Gasteiger charge is -2.03. The lowest BCUT2D eigenvalue weighted by Crippen LogP contribution is -2.04. The summed E-state index contributed by atoms with van der Waals surface area (Å²) in [6, 6.07) is 0. The van der Waals surface area contributed by atoms with Gasteiger partial charge in [0.05, 0.1) is 14.6 Å². The third-order valence-corrected chi connectivity index (χ3v) is 4.63. The molecule has 5 heteroatoms. The van der Waals surface area contributed by atoms with Crippen LogP contribution in [0.5, 0.6) is 0 Å². The van der Waals surface area contributed by atoms with Crippen molar-refractivity contribution in [3.8, 4) is 0 Å². The summed E-state index contributed by atoms with van der Waals surface area (Å²) in [6.45, 7) is 2.70. The summed E-state index contributed by atoms with van der Waals surface area (Å²) in [5.41, 5.74) is 0. The monoisotopic (exact) mass is 211 g/mol. The Bertz CT molecular complexity index is 432. The molecule has 0 spiro atoms. The number of nitrogens with zero attached hydrogens (tertiary/aromatic N) is 3. The molecule has 0 fully saturated rings. The Morgan fingerprint density at radius 1 is 1.43 bits per heavy atom. The number of aryl methyl sites for hydroxylation is 1. The van der Waals surface area contributed by atoms with Crippen LogP contribution in [0, 0.1) is 0 Å². The second-order valence-corrected chi connectivity index (χ2v) is 5.66. The van der Waals surface area contributed by atoms with Crippen molar-refractivity contribution >= 4 is 9.73 Å². The molecule has 0 aliphatic carbocycles. The highest BCUT2D eigenvalue weighted by Gasteiger charge is 2.17. The summed E-state index contributed by atoms with van der Waals surface area (Å²) in [4.78, 5) is 8.96. The van der Waals surface area contributed by atoms with Crippen LogP contribution in [0.3, 0.4) is 0 Å². The zero-order chi connectivity index (χ0) is 10.0. The molecular formula is C9H13N3OS. The van der Waals surface area contributed by atoms with Gasteiger partial charge in [0.15, 0.2) is 0 Å². The number of hydrogen-bond donors (Lipinski definition) is 0. The van der Waals surface area contributed by atoms with Gasteiger partial charge in [0.1, 0.15) is 5.82 Å². The molecule has 1 unspecified atom stereocenters. The van der Waals surface area contributed by atoms with E-state index in [-0.39, 0.29) is 0 Å². The van der Waals surface area contributed by atoms with Gasteiger partial charge in [-0.1, -0.05) is 6.92 Å². The molecule has 1 aliphatic rings. The molecule has 76 valence electrons. The lowest BCUT2D eigenvalue weighted by molar-refractivity contribution is 0.677. The van der Waals surface area contributed by atoms with E-state index in [1.807, 2.05) is 6.92 Å². The normalized spacial score (nSPS) is 26.1. The van der Waals surface area contributed by atoms with E-state index in [4.69, 9.17) is 0 Å². The van der Waals surface area contributed by atoms with Crippen molar-refractivity contribution in [2.24, 2.45) is 4.36 Å². The van der Waals surface area contributed by atoms with Gasteiger partial charge in [-0.05, 0) is 6.42 Å². The minimum atomic E-state index is -2.16. The van der Waals surface area contributed by atoms with Gasteiger partial charge in [0.25, 0.3) is 0 Å². The molecule has 1 aromatic heterocycles. The van der Waals surface area contributed by atoms with Crippen LogP contribution in [0.4, 0.5) is 0 Å². The van der Waals surface area contributed by atoms with E-state index in [1.54, 1.807) is 12.4 Å². The fraction of sp³-hybridized carbons (Fsp3) is 0.556. The van der Waals surface area contributed by atoms with Gasteiger partial charge in [0, 0.05) is 31.1 Å². The predicted octanol–water partition coefficient (Wildman–Crippen LogP) is 1.27. The van der Waals surface area contributed by atoms with Gasteiger partial charge >= 0.3 is 0 Å². The van der Waals surface area contributed by atoms with Crippen LogP contribution in [0.2, 0.25) is 0 Å². The van der Waals surface area contributed by atoms with E-state index in [1.165, 1.54) is 0 Å². The van der Waals surface area contributed by atoms with Crippen LogP contribution in [-0.4, -0.2) is 26.5 Å². The van der Waals surface area contributed by atoms with Crippen molar-refractivity contribution in [1.82, 2.24) is 9.97 Å². The van der Waals surface area contributed by atoms with Gasteiger partial charge in [-0.25, -0.2) is 18.5 Å². The highest BCUT2D eigenvalue weighted by Crippen LogP contribution is 2.18.